The molecule has 5 nitrogen and oxygen atoms in total. The highest BCUT2D eigenvalue weighted by molar-refractivity contribution is 7.92. The largest absolute Gasteiger partial charge is 0.326 e. The third-order valence-electron chi connectivity index (χ3n) is 3.96. The van der Waals surface area contributed by atoms with E-state index in [0.717, 1.165) is 22.4 Å². The zero-order valence-corrected chi connectivity index (χ0v) is 16.6. The van der Waals surface area contributed by atoms with Gasteiger partial charge in [-0.2, -0.15) is 0 Å². The van der Waals surface area contributed by atoms with E-state index in [1.165, 1.54) is 10.6 Å². The molecule has 26 heavy (non-hydrogen) atoms. The maximum atomic E-state index is 12.2. The lowest BCUT2D eigenvalue weighted by Crippen LogP contribution is -2.31. The first-order chi connectivity index (χ1) is 12.1. The molecule has 6 heteroatoms. The lowest BCUT2D eigenvalue weighted by Gasteiger charge is -2.22. The summed E-state index contributed by atoms with van der Waals surface area (Å²) in [6, 6.07) is 13.2. The Morgan fingerprint density at radius 3 is 2.23 bits per heavy atom. The molecule has 0 aliphatic heterocycles. The smallest absolute Gasteiger partial charge is 0.232 e. The van der Waals surface area contributed by atoms with Crippen molar-refractivity contribution in [2.45, 2.75) is 33.6 Å². The molecule has 0 aromatic heterocycles. The molecule has 0 unspecified atom stereocenters. The molecule has 0 fully saturated rings. The maximum absolute atomic E-state index is 12.2. The summed E-state index contributed by atoms with van der Waals surface area (Å²) in [6.07, 6.45) is 1.88. The van der Waals surface area contributed by atoms with Crippen LogP contribution in [-0.2, 0) is 14.8 Å². The van der Waals surface area contributed by atoms with Crippen molar-refractivity contribution >= 4 is 27.3 Å². The van der Waals surface area contributed by atoms with Gasteiger partial charge in [-0.15, -0.1) is 0 Å². The quantitative estimate of drug-likeness (QED) is 0.802. The van der Waals surface area contributed by atoms with Crippen LogP contribution in [0.15, 0.2) is 42.5 Å². The number of carbonyl (C=O) groups is 1. The highest BCUT2D eigenvalue weighted by atomic mass is 32.2. The molecular weight excluding hydrogens is 348 g/mol. The predicted octanol–water partition coefficient (Wildman–Crippen LogP) is 3.80. The van der Waals surface area contributed by atoms with Crippen LogP contribution in [0.2, 0.25) is 0 Å². The van der Waals surface area contributed by atoms with Gasteiger partial charge in [0.15, 0.2) is 0 Å². The van der Waals surface area contributed by atoms with E-state index in [1.807, 2.05) is 57.2 Å². The van der Waals surface area contributed by atoms with Crippen LogP contribution in [-0.4, -0.2) is 27.1 Å². The van der Waals surface area contributed by atoms with Crippen molar-refractivity contribution in [2.75, 3.05) is 22.4 Å². The minimum atomic E-state index is -3.40. The van der Waals surface area contributed by atoms with Crippen molar-refractivity contribution in [2.24, 2.45) is 0 Å². The Labute approximate surface area is 156 Å². The average Bonchev–Trinajstić information content (AvgIpc) is 2.49. The number of sulfonamides is 1. The zero-order chi connectivity index (χ0) is 19.3. The molecular formula is C20H26N2O3S. The summed E-state index contributed by atoms with van der Waals surface area (Å²) in [6.45, 7) is 6.15. The average molecular weight is 375 g/mol. The van der Waals surface area contributed by atoms with Crippen LogP contribution in [0.25, 0.3) is 0 Å². The number of aryl methyl sites for hydroxylation is 3. The molecule has 0 bridgehead atoms. The molecule has 140 valence electrons. The summed E-state index contributed by atoms with van der Waals surface area (Å²) < 4.78 is 25.6. The topological polar surface area (TPSA) is 66.5 Å². The fraction of sp³-hybridized carbons (Fsp3) is 0.350. The number of rotatable bonds is 7. The first kappa shape index (κ1) is 20.0. The van der Waals surface area contributed by atoms with Crippen LogP contribution >= 0.6 is 0 Å². The minimum Gasteiger partial charge on any atom is -0.326 e. The number of anilines is 2. The van der Waals surface area contributed by atoms with Crippen LogP contribution in [0, 0.1) is 20.8 Å². The van der Waals surface area contributed by atoms with E-state index in [2.05, 4.69) is 5.32 Å². The molecule has 2 rings (SSSR count). The SMILES string of the molecule is Cc1cc(C)cc(NC(=O)CCCN(c2cccc(C)c2)S(C)(=O)=O)c1. The van der Waals surface area contributed by atoms with Gasteiger partial charge in [-0.05, 0) is 68.1 Å². The lowest BCUT2D eigenvalue weighted by atomic mass is 10.1. The number of nitrogens with zero attached hydrogens (tertiary/aromatic N) is 1. The summed E-state index contributed by atoms with van der Waals surface area (Å²) in [5.41, 5.74) is 4.56. The van der Waals surface area contributed by atoms with Crippen molar-refractivity contribution < 1.29 is 13.2 Å². The minimum absolute atomic E-state index is 0.118. The Hall–Kier alpha value is -2.34. The highest BCUT2D eigenvalue weighted by Gasteiger charge is 2.17. The molecule has 2 aromatic rings. The van der Waals surface area contributed by atoms with Crippen molar-refractivity contribution in [1.29, 1.82) is 0 Å². The molecule has 2 aromatic carbocycles. The molecule has 0 atom stereocenters. The third-order valence-corrected chi connectivity index (χ3v) is 5.15. The Morgan fingerprint density at radius 1 is 1.00 bits per heavy atom. The second-order valence-corrected chi connectivity index (χ2v) is 8.61. The van der Waals surface area contributed by atoms with Gasteiger partial charge in [-0.3, -0.25) is 9.10 Å². The van der Waals surface area contributed by atoms with E-state index in [1.54, 1.807) is 6.07 Å². The van der Waals surface area contributed by atoms with Crippen LogP contribution in [0.4, 0.5) is 11.4 Å². The van der Waals surface area contributed by atoms with E-state index in [-0.39, 0.29) is 18.9 Å². The molecule has 1 amide bonds. The number of benzene rings is 2. The van der Waals surface area contributed by atoms with Gasteiger partial charge < -0.3 is 5.32 Å². The fourth-order valence-corrected chi connectivity index (χ4v) is 3.88. The van der Waals surface area contributed by atoms with Gasteiger partial charge in [0.1, 0.15) is 0 Å². The van der Waals surface area contributed by atoms with Gasteiger partial charge in [0.25, 0.3) is 0 Å². The van der Waals surface area contributed by atoms with Gasteiger partial charge in [0.2, 0.25) is 15.9 Å². The number of hydrogen-bond acceptors (Lipinski definition) is 3. The highest BCUT2D eigenvalue weighted by Crippen LogP contribution is 2.20. The standard InChI is InChI=1S/C20H26N2O3S/c1-15-7-5-8-19(14-15)22(26(4,24)25)10-6-9-20(23)21-18-12-16(2)11-17(3)13-18/h5,7-8,11-14H,6,9-10H2,1-4H3,(H,21,23). The molecule has 0 spiro atoms. The lowest BCUT2D eigenvalue weighted by molar-refractivity contribution is -0.116. The number of carbonyl (C=O) groups excluding carboxylic acids is 1. The Morgan fingerprint density at radius 2 is 1.65 bits per heavy atom. The fourth-order valence-electron chi connectivity index (χ4n) is 2.92. The van der Waals surface area contributed by atoms with E-state index < -0.39 is 10.0 Å². The van der Waals surface area contributed by atoms with Gasteiger partial charge in [-0.25, -0.2) is 8.42 Å². The molecule has 0 saturated heterocycles. The van der Waals surface area contributed by atoms with Crippen LogP contribution in [0.1, 0.15) is 29.5 Å². The van der Waals surface area contributed by atoms with Crippen molar-refractivity contribution in [3.8, 4) is 0 Å². The summed E-state index contributed by atoms with van der Waals surface area (Å²) in [7, 11) is -3.40. The zero-order valence-electron chi connectivity index (χ0n) is 15.7. The summed E-state index contributed by atoms with van der Waals surface area (Å²) in [5.74, 6) is -0.118. The van der Waals surface area contributed by atoms with Gasteiger partial charge in [0.05, 0.1) is 11.9 Å². The van der Waals surface area contributed by atoms with Crippen LogP contribution in [0.3, 0.4) is 0 Å². The number of amides is 1. The van der Waals surface area contributed by atoms with E-state index in [9.17, 15) is 13.2 Å². The second kappa shape index (κ2) is 8.36. The third kappa shape index (κ3) is 5.88. The monoisotopic (exact) mass is 374 g/mol. The van der Waals surface area contributed by atoms with Crippen molar-refractivity contribution in [3.05, 3.63) is 59.2 Å². The van der Waals surface area contributed by atoms with Gasteiger partial charge >= 0.3 is 0 Å². The second-order valence-electron chi connectivity index (χ2n) is 6.70. The normalized spacial score (nSPS) is 11.2. The maximum Gasteiger partial charge on any atom is 0.232 e. The number of hydrogen-bond donors (Lipinski definition) is 1. The summed E-state index contributed by atoms with van der Waals surface area (Å²) >= 11 is 0. The van der Waals surface area contributed by atoms with Crippen LogP contribution in [0.5, 0.6) is 0 Å². The van der Waals surface area contributed by atoms with Gasteiger partial charge in [0, 0.05) is 18.7 Å². The van der Waals surface area contributed by atoms with Gasteiger partial charge in [-0.1, -0.05) is 18.2 Å². The molecule has 0 saturated carbocycles. The first-order valence-corrected chi connectivity index (χ1v) is 10.4. The van der Waals surface area contributed by atoms with E-state index >= 15 is 0 Å². The van der Waals surface area contributed by atoms with Crippen molar-refractivity contribution in [1.82, 2.24) is 0 Å². The first-order valence-electron chi connectivity index (χ1n) is 8.58. The summed E-state index contributed by atoms with van der Waals surface area (Å²) in [5, 5.41) is 2.88. The molecule has 0 heterocycles. The molecule has 0 radical (unpaired) electrons. The molecule has 1 N–H and O–H groups in total. The number of nitrogens with one attached hydrogen (secondary N) is 1. The molecule has 0 aliphatic rings. The Bertz CT molecular complexity index is 871. The summed E-state index contributed by atoms with van der Waals surface area (Å²) in [4.78, 5) is 12.2. The molecule has 0 aliphatic carbocycles. The van der Waals surface area contributed by atoms with Crippen LogP contribution < -0.4 is 9.62 Å². The predicted molar refractivity (Wildman–Crippen MR) is 107 cm³/mol. The van der Waals surface area contributed by atoms with Crippen molar-refractivity contribution in [3.63, 3.8) is 0 Å². The Balaban J connectivity index is 1.98. The Kier molecular flexibility index (Phi) is 6.42. The van der Waals surface area contributed by atoms with E-state index in [4.69, 9.17) is 0 Å². The van der Waals surface area contributed by atoms with E-state index in [0.29, 0.717) is 12.1 Å².